The molecule has 0 aliphatic carbocycles. The average Bonchev–Trinajstić information content (AvgIpc) is 3.28. The zero-order valence-corrected chi connectivity index (χ0v) is 19.2. The standard InChI is InChI=1S/C24H24N4O6/c1-14-5-7-15(8-6-14)20-21-23(34-27-20)24(30)28(13-25-21)10-9-19(29)26-16-11-17(31-2)22(33-4)18(12-16)32-3/h5-8,11-13H,9-10H2,1-4H3,(H,26,29). The van der Waals surface area contributed by atoms with Crippen LogP contribution in [0.2, 0.25) is 0 Å². The van der Waals surface area contributed by atoms with E-state index in [4.69, 9.17) is 18.7 Å². The van der Waals surface area contributed by atoms with Crippen molar-refractivity contribution in [3.8, 4) is 28.5 Å². The molecule has 0 saturated heterocycles. The Morgan fingerprint density at radius 2 is 1.74 bits per heavy atom. The van der Waals surface area contributed by atoms with Gasteiger partial charge in [0.2, 0.25) is 11.7 Å². The van der Waals surface area contributed by atoms with Crippen molar-refractivity contribution in [1.82, 2.24) is 14.7 Å². The number of hydrogen-bond donors (Lipinski definition) is 1. The van der Waals surface area contributed by atoms with E-state index in [9.17, 15) is 9.59 Å². The van der Waals surface area contributed by atoms with Gasteiger partial charge in [-0.25, -0.2) is 4.98 Å². The predicted molar refractivity (Wildman–Crippen MR) is 126 cm³/mol. The predicted octanol–water partition coefficient (Wildman–Crippen LogP) is 3.41. The Morgan fingerprint density at radius 3 is 2.35 bits per heavy atom. The molecular weight excluding hydrogens is 440 g/mol. The van der Waals surface area contributed by atoms with Crippen LogP contribution < -0.4 is 25.1 Å². The lowest BCUT2D eigenvalue weighted by Crippen LogP contribution is -2.23. The molecule has 0 bridgehead atoms. The van der Waals surface area contributed by atoms with E-state index in [1.807, 2.05) is 31.2 Å². The second-order valence-electron chi connectivity index (χ2n) is 7.53. The molecule has 1 N–H and O–H groups in total. The summed E-state index contributed by atoms with van der Waals surface area (Å²) < 4.78 is 22.5. The second kappa shape index (κ2) is 9.65. The van der Waals surface area contributed by atoms with Crippen molar-refractivity contribution < 1.29 is 23.5 Å². The Balaban J connectivity index is 1.49. The minimum atomic E-state index is -0.406. The topological polar surface area (TPSA) is 118 Å². The first kappa shape index (κ1) is 22.8. The Hall–Kier alpha value is -4.34. The van der Waals surface area contributed by atoms with E-state index in [0.717, 1.165) is 11.1 Å². The summed E-state index contributed by atoms with van der Waals surface area (Å²) >= 11 is 0. The zero-order chi connectivity index (χ0) is 24.2. The fourth-order valence-corrected chi connectivity index (χ4v) is 3.51. The molecule has 0 spiro atoms. The number of anilines is 1. The average molecular weight is 464 g/mol. The molecule has 0 unspecified atom stereocenters. The molecular formula is C24H24N4O6. The molecule has 0 radical (unpaired) electrons. The van der Waals surface area contributed by atoms with Crippen molar-refractivity contribution in [2.24, 2.45) is 0 Å². The van der Waals surface area contributed by atoms with E-state index >= 15 is 0 Å². The number of methoxy groups -OCH3 is 3. The number of aromatic nitrogens is 3. The Labute approximate surface area is 195 Å². The summed E-state index contributed by atoms with van der Waals surface area (Å²) in [6.07, 6.45) is 1.43. The first-order valence-corrected chi connectivity index (χ1v) is 10.5. The lowest BCUT2D eigenvalue weighted by molar-refractivity contribution is -0.116. The number of fused-ring (bicyclic) bond motifs is 1. The molecule has 0 atom stereocenters. The van der Waals surface area contributed by atoms with E-state index < -0.39 is 5.56 Å². The first-order valence-electron chi connectivity index (χ1n) is 10.5. The number of aryl methyl sites for hydroxylation is 2. The van der Waals surface area contributed by atoms with Crippen LogP contribution in [0, 0.1) is 6.92 Å². The normalized spacial score (nSPS) is 10.8. The molecule has 1 amide bonds. The Morgan fingerprint density at radius 1 is 1.06 bits per heavy atom. The van der Waals surface area contributed by atoms with Crippen LogP contribution in [0.1, 0.15) is 12.0 Å². The molecule has 0 aliphatic heterocycles. The number of nitrogens with zero attached hydrogens (tertiary/aromatic N) is 3. The van der Waals surface area contributed by atoms with Crippen molar-refractivity contribution in [1.29, 1.82) is 0 Å². The van der Waals surface area contributed by atoms with Crippen LogP contribution in [0.4, 0.5) is 5.69 Å². The summed E-state index contributed by atoms with van der Waals surface area (Å²) in [5.41, 5.74) is 2.90. The number of ether oxygens (including phenoxy) is 3. The highest BCUT2D eigenvalue weighted by atomic mass is 16.5. The van der Waals surface area contributed by atoms with Crippen LogP contribution in [0.25, 0.3) is 22.4 Å². The monoisotopic (exact) mass is 464 g/mol. The molecule has 2 heterocycles. The molecule has 0 aliphatic rings. The van der Waals surface area contributed by atoms with Gasteiger partial charge >= 0.3 is 0 Å². The third-order valence-electron chi connectivity index (χ3n) is 5.30. The van der Waals surface area contributed by atoms with E-state index in [2.05, 4.69) is 15.5 Å². The summed E-state index contributed by atoms with van der Waals surface area (Å²) in [7, 11) is 4.48. The third kappa shape index (κ3) is 4.42. The summed E-state index contributed by atoms with van der Waals surface area (Å²) in [6.45, 7) is 2.10. The number of hydrogen-bond acceptors (Lipinski definition) is 8. The van der Waals surface area contributed by atoms with Gasteiger partial charge in [-0.15, -0.1) is 0 Å². The number of nitrogens with one attached hydrogen (secondary N) is 1. The lowest BCUT2D eigenvalue weighted by atomic mass is 10.1. The summed E-state index contributed by atoms with van der Waals surface area (Å²) in [5.74, 6) is 0.945. The van der Waals surface area contributed by atoms with Gasteiger partial charge in [0.25, 0.3) is 11.1 Å². The largest absolute Gasteiger partial charge is 0.493 e. The molecule has 4 rings (SSSR count). The van der Waals surface area contributed by atoms with E-state index in [-0.39, 0.29) is 24.5 Å². The van der Waals surface area contributed by atoms with E-state index in [1.54, 1.807) is 12.1 Å². The molecule has 34 heavy (non-hydrogen) atoms. The van der Waals surface area contributed by atoms with Crippen molar-refractivity contribution >= 4 is 22.7 Å². The van der Waals surface area contributed by atoms with Gasteiger partial charge < -0.3 is 24.1 Å². The molecule has 10 heteroatoms. The van der Waals surface area contributed by atoms with Crippen LogP contribution in [0.15, 0.2) is 52.0 Å². The summed E-state index contributed by atoms with van der Waals surface area (Å²) in [5, 5.41) is 6.80. The van der Waals surface area contributed by atoms with Crippen LogP contribution in [-0.4, -0.2) is 41.9 Å². The number of carbonyl (C=O) groups is 1. The fourth-order valence-electron chi connectivity index (χ4n) is 3.51. The SMILES string of the molecule is COc1cc(NC(=O)CCn2cnc3c(-c4ccc(C)cc4)noc3c2=O)cc(OC)c1OC. The van der Waals surface area contributed by atoms with Crippen molar-refractivity contribution in [3.63, 3.8) is 0 Å². The molecule has 2 aromatic carbocycles. The van der Waals surface area contributed by atoms with Gasteiger partial charge in [-0.1, -0.05) is 35.0 Å². The van der Waals surface area contributed by atoms with Gasteiger partial charge in [0.15, 0.2) is 11.5 Å². The van der Waals surface area contributed by atoms with Crippen molar-refractivity contribution in [2.45, 2.75) is 19.9 Å². The lowest BCUT2D eigenvalue weighted by Gasteiger charge is -2.14. The smallest absolute Gasteiger partial charge is 0.299 e. The quantitative estimate of drug-likeness (QED) is 0.422. The minimum Gasteiger partial charge on any atom is -0.493 e. The van der Waals surface area contributed by atoms with Gasteiger partial charge in [0, 0.05) is 36.3 Å². The van der Waals surface area contributed by atoms with Gasteiger partial charge in [-0.05, 0) is 6.92 Å². The van der Waals surface area contributed by atoms with Gasteiger partial charge in [0.1, 0.15) is 11.2 Å². The molecule has 4 aromatic rings. The van der Waals surface area contributed by atoms with Crippen molar-refractivity contribution in [3.05, 3.63) is 58.6 Å². The maximum absolute atomic E-state index is 12.8. The molecule has 0 fully saturated rings. The highest BCUT2D eigenvalue weighted by Crippen LogP contribution is 2.39. The minimum absolute atomic E-state index is 0.0305. The fraction of sp³-hybridized carbons (Fsp3) is 0.250. The van der Waals surface area contributed by atoms with Gasteiger partial charge in [-0.3, -0.25) is 14.2 Å². The van der Waals surface area contributed by atoms with Crippen LogP contribution in [-0.2, 0) is 11.3 Å². The second-order valence-corrected chi connectivity index (χ2v) is 7.53. The van der Waals surface area contributed by atoms with Crippen LogP contribution in [0.5, 0.6) is 17.2 Å². The highest BCUT2D eigenvalue weighted by molar-refractivity contribution is 5.91. The number of rotatable bonds is 8. The van der Waals surface area contributed by atoms with Crippen molar-refractivity contribution in [2.75, 3.05) is 26.6 Å². The van der Waals surface area contributed by atoms with Gasteiger partial charge in [-0.2, -0.15) is 0 Å². The first-order chi connectivity index (χ1) is 16.4. The van der Waals surface area contributed by atoms with Gasteiger partial charge in [0.05, 0.1) is 27.7 Å². The maximum Gasteiger partial charge on any atom is 0.299 e. The van der Waals surface area contributed by atoms with E-state index in [0.29, 0.717) is 34.1 Å². The zero-order valence-electron chi connectivity index (χ0n) is 19.2. The molecule has 10 nitrogen and oxygen atoms in total. The summed E-state index contributed by atoms with van der Waals surface area (Å²) in [4.78, 5) is 29.7. The maximum atomic E-state index is 12.8. The third-order valence-corrected chi connectivity index (χ3v) is 5.30. The number of benzene rings is 2. The summed E-state index contributed by atoms with van der Waals surface area (Å²) in [6, 6.07) is 10.9. The molecule has 176 valence electrons. The molecule has 0 saturated carbocycles. The highest BCUT2D eigenvalue weighted by Gasteiger charge is 2.18. The van der Waals surface area contributed by atoms with Crippen LogP contribution in [0.3, 0.4) is 0 Å². The Bertz CT molecular complexity index is 1370. The van der Waals surface area contributed by atoms with E-state index in [1.165, 1.54) is 32.2 Å². The number of carbonyl (C=O) groups excluding carboxylic acids is 1. The Kier molecular flexibility index (Phi) is 6.48. The number of amides is 1. The van der Waals surface area contributed by atoms with Crippen LogP contribution >= 0.6 is 0 Å². The molecule has 2 aromatic heterocycles.